The van der Waals surface area contributed by atoms with E-state index in [2.05, 4.69) is 35.8 Å². The molecule has 1 aromatic rings. The van der Waals surface area contributed by atoms with Crippen LogP contribution in [-0.2, 0) is 6.42 Å². The van der Waals surface area contributed by atoms with E-state index < -0.39 is 5.92 Å². The molecule has 0 spiro atoms. The summed E-state index contributed by atoms with van der Waals surface area (Å²) < 4.78 is 27.8. The van der Waals surface area contributed by atoms with Crippen LogP contribution in [-0.4, -0.2) is 11.6 Å². The number of halogens is 2. The monoisotopic (exact) mass is 407 g/mol. The third kappa shape index (κ3) is 4.55. The number of allylic oxidation sites excluding steroid dienone is 6. The molecule has 3 aliphatic rings. The number of hydrogen-bond acceptors (Lipinski definition) is 1. The van der Waals surface area contributed by atoms with Crippen LogP contribution in [0.5, 0.6) is 0 Å². The molecule has 0 saturated heterocycles. The fraction of sp³-hybridized carbons (Fsp3) is 0.444. The normalized spacial score (nSPS) is 27.5. The Morgan fingerprint density at radius 1 is 1.00 bits per heavy atom. The maximum atomic E-state index is 13.9. The van der Waals surface area contributed by atoms with Crippen molar-refractivity contribution in [1.82, 2.24) is 0 Å². The van der Waals surface area contributed by atoms with E-state index in [1.807, 2.05) is 0 Å². The summed E-state index contributed by atoms with van der Waals surface area (Å²) in [7, 11) is 0. The maximum absolute atomic E-state index is 13.9. The molecule has 1 heterocycles. The Balaban J connectivity index is 1.50. The van der Waals surface area contributed by atoms with Gasteiger partial charge in [-0.25, -0.2) is 0 Å². The minimum Gasteiger partial charge on any atom is -0.265 e. The zero-order valence-corrected chi connectivity index (χ0v) is 17.7. The zero-order chi connectivity index (χ0) is 21.0. The molecule has 0 aromatic heterocycles. The van der Waals surface area contributed by atoms with Gasteiger partial charge in [0, 0.05) is 17.5 Å². The van der Waals surface area contributed by atoms with Gasteiger partial charge in [0.15, 0.2) is 0 Å². The van der Waals surface area contributed by atoms with E-state index in [9.17, 15) is 8.78 Å². The first-order chi connectivity index (χ1) is 14.6. The van der Waals surface area contributed by atoms with E-state index in [0.29, 0.717) is 18.4 Å². The van der Waals surface area contributed by atoms with Crippen LogP contribution in [0.4, 0.5) is 8.78 Å². The average molecular weight is 408 g/mol. The molecular formula is C27H31F2N. The predicted octanol–water partition coefficient (Wildman–Crippen LogP) is 7.85. The van der Waals surface area contributed by atoms with Crippen molar-refractivity contribution >= 4 is 11.3 Å². The van der Waals surface area contributed by atoms with Crippen molar-refractivity contribution in [3.8, 4) is 0 Å². The summed E-state index contributed by atoms with van der Waals surface area (Å²) in [6.07, 6.45) is 16.0. The fourth-order valence-electron chi connectivity index (χ4n) is 5.20. The highest BCUT2D eigenvalue weighted by molar-refractivity contribution is 5.88. The lowest BCUT2D eigenvalue weighted by Gasteiger charge is -2.25. The summed E-state index contributed by atoms with van der Waals surface area (Å²) in [5.74, 6) is -2.53. The van der Waals surface area contributed by atoms with Gasteiger partial charge in [0.1, 0.15) is 0 Å². The van der Waals surface area contributed by atoms with Crippen molar-refractivity contribution in [2.45, 2.75) is 70.1 Å². The standard InChI is InChI=1S/C27H31F2N/c1-2-27(28,29)23-12-7-15-26(30-19-18-23)22-11-6-14-25-21(16-17-22)10-5-9-20-8-3-4-13-24(20)25/h2-4,8,12-13,18-19,22H,1,5-7,9-11,14-17H2/b19-18-,23-12+,30-26-. The molecule has 1 unspecified atom stereocenters. The van der Waals surface area contributed by atoms with Crippen molar-refractivity contribution in [3.63, 3.8) is 0 Å². The maximum Gasteiger partial charge on any atom is 0.291 e. The number of aliphatic imine (C=N–C) groups is 1. The molecule has 0 saturated carbocycles. The van der Waals surface area contributed by atoms with E-state index in [1.54, 1.807) is 23.4 Å². The van der Waals surface area contributed by atoms with Crippen LogP contribution in [0.15, 0.2) is 71.4 Å². The highest BCUT2D eigenvalue weighted by Crippen LogP contribution is 2.39. The Kier molecular flexibility index (Phi) is 6.46. The zero-order valence-electron chi connectivity index (χ0n) is 17.7. The number of nitrogens with zero attached hydrogens (tertiary/aromatic N) is 1. The van der Waals surface area contributed by atoms with Gasteiger partial charge in [-0.1, -0.05) is 42.5 Å². The van der Waals surface area contributed by atoms with Crippen LogP contribution >= 0.6 is 0 Å². The predicted molar refractivity (Wildman–Crippen MR) is 122 cm³/mol. The van der Waals surface area contributed by atoms with E-state index in [1.165, 1.54) is 42.2 Å². The Bertz CT molecular complexity index is 917. The highest BCUT2D eigenvalue weighted by atomic mass is 19.3. The van der Waals surface area contributed by atoms with E-state index in [-0.39, 0.29) is 5.57 Å². The third-order valence-corrected chi connectivity index (χ3v) is 6.84. The van der Waals surface area contributed by atoms with Gasteiger partial charge in [-0.2, -0.15) is 8.78 Å². The van der Waals surface area contributed by atoms with Gasteiger partial charge in [0.25, 0.3) is 5.92 Å². The van der Waals surface area contributed by atoms with Crippen LogP contribution < -0.4 is 0 Å². The first kappa shape index (κ1) is 21.0. The largest absolute Gasteiger partial charge is 0.291 e. The third-order valence-electron chi connectivity index (χ3n) is 6.84. The van der Waals surface area contributed by atoms with Gasteiger partial charge in [0.2, 0.25) is 0 Å². The lowest BCUT2D eigenvalue weighted by molar-refractivity contribution is 0.101. The second kappa shape index (κ2) is 9.24. The van der Waals surface area contributed by atoms with Crippen LogP contribution in [0.25, 0.3) is 5.57 Å². The quantitative estimate of drug-likeness (QED) is 0.452. The molecule has 0 bridgehead atoms. The first-order valence-electron chi connectivity index (χ1n) is 11.3. The fourth-order valence-corrected chi connectivity index (χ4v) is 5.20. The summed E-state index contributed by atoms with van der Waals surface area (Å²) in [4.78, 5) is 4.65. The van der Waals surface area contributed by atoms with Gasteiger partial charge in [-0.3, -0.25) is 4.99 Å². The number of rotatable bonds is 3. The highest BCUT2D eigenvalue weighted by Gasteiger charge is 2.29. The molecule has 0 amide bonds. The topological polar surface area (TPSA) is 12.4 Å². The van der Waals surface area contributed by atoms with Crippen molar-refractivity contribution < 1.29 is 8.78 Å². The second-order valence-electron chi connectivity index (χ2n) is 8.68. The molecule has 1 aromatic carbocycles. The molecule has 2 aliphatic carbocycles. The van der Waals surface area contributed by atoms with Gasteiger partial charge in [-0.05, 0) is 99.0 Å². The molecule has 0 N–H and O–H groups in total. The smallest absolute Gasteiger partial charge is 0.265 e. The van der Waals surface area contributed by atoms with E-state index >= 15 is 0 Å². The van der Waals surface area contributed by atoms with Crippen molar-refractivity contribution in [2.24, 2.45) is 10.9 Å². The van der Waals surface area contributed by atoms with Crippen molar-refractivity contribution in [3.05, 3.63) is 77.5 Å². The van der Waals surface area contributed by atoms with E-state index in [0.717, 1.165) is 38.5 Å². The summed E-state index contributed by atoms with van der Waals surface area (Å²) in [5.41, 5.74) is 7.41. The Morgan fingerprint density at radius 3 is 2.73 bits per heavy atom. The number of benzene rings is 1. The molecule has 1 nitrogen and oxygen atoms in total. The van der Waals surface area contributed by atoms with Crippen LogP contribution in [0.3, 0.4) is 0 Å². The minimum absolute atomic E-state index is 0.00452. The summed E-state index contributed by atoms with van der Waals surface area (Å²) in [6.45, 7) is 3.26. The molecule has 30 heavy (non-hydrogen) atoms. The van der Waals surface area contributed by atoms with Crippen LogP contribution in [0.1, 0.15) is 68.9 Å². The van der Waals surface area contributed by atoms with Gasteiger partial charge in [-0.15, -0.1) is 0 Å². The molecule has 4 rings (SSSR count). The van der Waals surface area contributed by atoms with Crippen molar-refractivity contribution in [1.29, 1.82) is 0 Å². The van der Waals surface area contributed by atoms with Gasteiger partial charge in [0.05, 0.1) is 0 Å². The molecule has 0 fully saturated rings. The van der Waals surface area contributed by atoms with E-state index in [4.69, 9.17) is 0 Å². The second-order valence-corrected chi connectivity index (χ2v) is 8.68. The molecule has 158 valence electrons. The molecule has 3 heteroatoms. The Labute approximate surface area is 179 Å². The number of aryl methyl sites for hydroxylation is 1. The minimum atomic E-state index is -2.98. The lowest BCUT2D eigenvalue weighted by Crippen LogP contribution is -2.18. The van der Waals surface area contributed by atoms with Gasteiger partial charge < -0.3 is 0 Å². The SMILES string of the molecule is C=CC(F)(F)C1=C/CC/C(C2CCCC3=C(CCCc4ccccc43)CC2)=N/C=C\1. The lowest BCUT2D eigenvalue weighted by atomic mass is 9.81. The van der Waals surface area contributed by atoms with Crippen LogP contribution in [0, 0.1) is 5.92 Å². The Hall–Kier alpha value is -2.29. The van der Waals surface area contributed by atoms with Crippen LogP contribution in [0.2, 0.25) is 0 Å². The molecule has 1 atom stereocenters. The number of fused-ring (bicyclic) bond motifs is 2. The molecular weight excluding hydrogens is 376 g/mol. The summed E-state index contributed by atoms with van der Waals surface area (Å²) in [6, 6.07) is 8.93. The average Bonchev–Trinajstić information content (AvgIpc) is 2.87. The first-order valence-corrected chi connectivity index (χ1v) is 11.3. The molecule has 1 aliphatic heterocycles. The summed E-state index contributed by atoms with van der Waals surface area (Å²) >= 11 is 0. The Morgan fingerprint density at radius 2 is 1.87 bits per heavy atom. The van der Waals surface area contributed by atoms with Gasteiger partial charge >= 0.3 is 0 Å². The number of hydrogen-bond donors (Lipinski definition) is 0. The van der Waals surface area contributed by atoms with Crippen molar-refractivity contribution in [2.75, 3.05) is 0 Å². The number of alkyl halides is 2. The molecule has 0 radical (unpaired) electrons. The summed E-state index contributed by atoms with van der Waals surface area (Å²) in [5, 5.41) is 0.